The fraction of sp³-hybridized carbons (Fsp3) is 0.286. The van der Waals surface area contributed by atoms with Crippen molar-refractivity contribution in [2.75, 3.05) is 0 Å². The van der Waals surface area contributed by atoms with Crippen molar-refractivity contribution in [2.45, 2.75) is 24.0 Å². The van der Waals surface area contributed by atoms with Gasteiger partial charge in [-0.3, -0.25) is 4.79 Å². The van der Waals surface area contributed by atoms with Crippen molar-refractivity contribution in [3.63, 3.8) is 0 Å². The predicted molar refractivity (Wildman–Crippen MR) is 80.6 cm³/mol. The molecule has 100 valence electrons. The molecule has 0 spiro atoms. The van der Waals surface area contributed by atoms with Crippen LogP contribution in [0.4, 0.5) is 0 Å². The van der Waals surface area contributed by atoms with Gasteiger partial charge in [0.05, 0.1) is 5.56 Å². The van der Waals surface area contributed by atoms with Gasteiger partial charge in [0.1, 0.15) is 0 Å². The van der Waals surface area contributed by atoms with Gasteiger partial charge in [0.15, 0.2) is 4.80 Å². The topological polar surface area (TPSA) is 34.4 Å². The Kier molecular flexibility index (Phi) is 4.61. The zero-order valence-electron chi connectivity index (χ0n) is 11.2. The Morgan fingerprint density at radius 1 is 1.37 bits per heavy atom. The molecule has 0 aliphatic carbocycles. The van der Waals surface area contributed by atoms with Gasteiger partial charge in [-0.1, -0.05) is 26.0 Å². The van der Waals surface area contributed by atoms with Gasteiger partial charge in [-0.2, -0.15) is 4.99 Å². The molecule has 0 aliphatic heterocycles. The Morgan fingerprint density at radius 2 is 2.11 bits per heavy atom. The van der Waals surface area contributed by atoms with Gasteiger partial charge >= 0.3 is 0 Å². The average Bonchev–Trinajstić information content (AvgIpc) is 2.75. The van der Waals surface area contributed by atoms with E-state index < -0.39 is 0 Å². The van der Waals surface area contributed by atoms with E-state index in [0.29, 0.717) is 15.6 Å². The molecule has 0 unspecified atom stereocenters. The van der Waals surface area contributed by atoms with E-state index >= 15 is 0 Å². The number of benzene rings is 1. The summed E-state index contributed by atoms with van der Waals surface area (Å²) in [5, 5.41) is 2.35. The smallest absolute Gasteiger partial charge is 0.280 e. The number of hydrogen-bond acceptors (Lipinski definition) is 3. The fourth-order valence-electron chi connectivity index (χ4n) is 1.58. The van der Waals surface area contributed by atoms with Crippen LogP contribution in [-0.4, -0.2) is 15.7 Å². The lowest BCUT2D eigenvalue weighted by Gasteiger charge is -2.08. The van der Waals surface area contributed by atoms with Crippen LogP contribution < -0.4 is 4.80 Å². The van der Waals surface area contributed by atoms with E-state index in [1.54, 1.807) is 11.8 Å². The summed E-state index contributed by atoms with van der Waals surface area (Å²) in [5.74, 6) is -0.179. The van der Waals surface area contributed by atoms with E-state index in [-0.39, 0.29) is 5.91 Å². The van der Waals surface area contributed by atoms with Crippen LogP contribution in [0, 0.1) is 0 Å². The number of carbonyl (C=O) groups is 1. The number of amides is 1. The number of nitrogens with zero attached hydrogens (tertiary/aromatic N) is 2. The molecular weight excluding hydrogens is 276 g/mol. The van der Waals surface area contributed by atoms with Crippen LogP contribution in [0.3, 0.4) is 0 Å². The number of rotatable bonds is 3. The van der Waals surface area contributed by atoms with Crippen molar-refractivity contribution in [3.05, 3.63) is 46.2 Å². The van der Waals surface area contributed by atoms with Crippen LogP contribution >= 0.6 is 23.1 Å². The maximum Gasteiger partial charge on any atom is 0.280 e. The molecule has 3 nitrogen and oxygen atoms in total. The minimum absolute atomic E-state index is 0.179. The maximum atomic E-state index is 12.3. The van der Waals surface area contributed by atoms with E-state index in [1.807, 2.05) is 47.5 Å². The molecule has 0 N–H and O–H groups in total. The Hall–Kier alpha value is -1.33. The highest BCUT2D eigenvalue weighted by atomic mass is 32.2. The molecule has 2 aromatic rings. The largest absolute Gasteiger partial charge is 0.327 e. The van der Waals surface area contributed by atoms with Crippen molar-refractivity contribution in [2.24, 2.45) is 12.0 Å². The summed E-state index contributed by atoms with van der Waals surface area (Å²) >= 11 is 3.15. The molecule has 0 saturated heterocycles. The highest BCUT2D eigenvalue weighted by Crippen LogP contribution is 2.26. The number of carbonyl (C=O) groups excluding carboxylic acids is 1. The van der Waals surface area contributed by atoms with Gasteiger partial charge in [0.25, 0.3) is 5.91 Å². The molecule has 0 atom stereocenters. The molecule has 19 heavy (non-hydrogen) atoms. The minimum atomic E-state index is -0.179. The molecule has 1 aromatic carbocycles. The first-order chi connectivity index (χ1) is 9.08. The van der Waals surface area contributed by atoms with Gasteiger partial charge < -0.3 is 4.57 Å². The molecule has 0 fully saturated rings. The number of aryl methyl sites for hydroxylation is 1. The fourth-order valence-corrected chi connectivity index (χ4v) is 3.26. The number of thioether (sulfide) groups is 1. The van der Waals surface area contributed by atoms with Gasteiger partial charge in [0.2, 0.25) is 0 Å². The first-order valence-electron chi connectivity index (χ1n) is 6.03. The van der Waals surface area contributed by atoms with Crippen LogP contribution in [-0.2, 0) is 7.05 Å². The van der Waals surface area contributed by atoms with Crippen LogP contribution in [0.2, 0.25) is 0 Å². The highest BCUT2D eigenvalue weighted by molar-refractivity contribution is 8.00. The van der Waals surface area contributed by atoms with Crippen molar-refractivity contribution in [1.29, 1.82) is 0 Å². The molecule has 1 amide bonds. The lowest BCUT2D eigenvalue weighted by molar-refractivity contribution is 0.0995. The maximum absolute atomic E-state index is 12.3. The molecule has 2 rings (SSSR count). The molecule has 1 heterocycles. The first-order valence-corrected chi connectivity index (χ1v) is 7.78. The van der Waals surface area contributed by atoms with Gasteiger partial charge in [-0.05, 0) is 12.1 Å². The number of hydrogen-bond donors (Lipinski definition) is 0. The quantitative estimate of drug-likeness (QED) is 0.813. The summed E-state index contributed by atoms with van der Waals surface area (Å²) in [5.41, 5.74) is 0.676. The Balaban J connectivity index is 2.37. The average molecular weight is 292 g/mol. The standard InChI is InChI=1S/C14H16N2OS2/c1-10(2)19-12-7-5-4-6-11(12)13(17)15-14-16(3)8-9-18-14/h4-10H,1-3H3. The normalized spacial score (nSPS) is 12.1. The number of aromatic nitrogens is 1. The van der Waals surface area contributed by atoms with E-state index in [2.05, 4.69) is 18.8 Å². The lowest BCUT2D eigenvalue weighted by atomic mass is 10.2. The Bertz CT molecular complexity index is 641. The van der Waals surface area contributed by atoms with Crippen LogP contribution in [0.5, 0.6) is 0 Å². The highest BCUT2D eigenvalue weighted by Gasteiger charge is 2.11. The third-order valence-electron chi connectivity index (χ3n) is 2.44. The lowest BCUT2D eigenvalue weighted by Crippen LogP contribution is -2.13. The second-order valence-electron chi connectivity index (χ2n) is 4.38. The SMILES string of the molecule is CC(C)Sc1ccccc1C(=O)N=c1sccn1C. The van der Waals surface area contributed by atoms with E-state index in [9.17, 15) is 4.79 Å². The Labute approximate surface area is 121 Å². The van der Waals surface area contributed by atoms with Crippen LogP contribution in [0.1, 0.15) is 24.2 Å². The summed E-state index contributed by atoms with van der Waals surface area (Å²) in [6, 6.07) is 7.64. The van der Waals surface area contributed by atoms with E-state index in [1.165, 1.54) is 11.3 Å². The summed E-state index contributed by atoms with van der Waals surface area (Å²) in [4.78, 5) is 18.2. The third kappa shape index (κ3) is 3.58. The molecule has 0 bridgehead atoms. The molecule has 0 aliphatic rings. The third-order valence-corrected chi connectivity index (χ3v) is 4.37. The zero-order valence-corrected chi connectivity index (χ0v) is 12.8. The summed E-state index contributed by atoms with van der Waals surface area (Å²) < 4.78 is 1.85. The molecule has 0 saturated carbocycles. The second-order valence-corrected chi connectivity index (χ2v) is 6.87. The summed E-state index contributed by atoms with van der Waals surface area (Å²) in [6.07, 6.45) is 1.89. The first kappa shape index (κ1) is 14.1. The van der Waals surface area contributed by atoms with E-state index in [4.69, 9.17) is 0 Å². The molecule has 0 radical (unpaired) electrons. The predicted octanol–water partition coefficient (Wildman–Crippen LogP) is 3.33. The van der Waals surface area contributed by atoms with Crippen LogP contribution in [0.15, 0.2) is 45.7 Å². The van der Waals surface area contributed by atoms with Crippen molar-refractivity contribution in [1.82, 2.24) is 4.57 Å². The monoisotopic (exact) mass is 292 g/mol. The summed E-state index contributed by atoms with van der Waals surface area (Å²) in [6.45, 7) is 4.23. The van der Waals surface area contributed by atoms with Crippen molar-refractivity contribution in [3.8, 4) is 0 Å². The minimum Gasteiger partial charge on any atom is -0.327 e. The number of thiazole rings is 1. The summed E-state index contributed by atoms with van der Waals surface area (Å²) in [7, 11) is 1.89. The van der Waals surface area contributed by atoms with Crippen molar-refractivity contribution >= 4 is 29.0 Å². The Morgan fingerprint density at radius 3 is 2.74 bits per heavy atom. The van der Waals surface area contributed by atoms with E-state index in [0.717, 1.165) is 4.90 Å². The molecule has 1 aromatic heterocycles. The van der Waals surface area contributed by atoms with Gasteiger partial charge in [0, 0.05) is 28.8 Å². The van der Waals surface area contributed by atoms with Crippen LogP contribution in [0.25, 0.3) is 0 Å². The van der Waals surface area contributed by atoms with Gasteiger partial charge in [-0.15, -0.1) is 23.1 Å². The molecule has 5 heteroatoms. The second kappa shape index (κ2) is 6.21. The van der Waals surface area contributed by atoms with Crippen molar-refractivity contribution < 1.29 is 4.79 Å². The molecular formula is C14H16N2OS2. The zero-order chi connectivity index (χ0) is 13.8. The van der Waals surface area contributed by atoms with Gasteiger partial charge in [-0.25, -0.2) is 0 Å².